The summed E-state index contributed by atoms with van der Waals surface area (Å²) in [5.41, 5.74) is -0.664. The maximum atomic E-state index is 12.1. The molecule has 0 radical (unpaired) electrons. The number of carbonyl (C=O) groups is 2. The lowest BCUT2D eigenvalue weighted by Crippen LogP contribution is -2.46. The molecular weight excluding hydrogens is 240 g/mol. The lowest BCUT2D eigenvalue weighted by molar-refractivity contribution is -0.132. The van der Waals surface area contributed by atoms with Crippen LogP contribution in [0.2, 0.25) is 0 Å². The van der Waals surface area contributed by atoms with Crippen LogP contribution >= 0.6 is 11.8 Å². The molecule has 2 rings (SSSR count). The van der Waals surface area contributed by atoms with Gasteiger partial charge in [0.1, 0.15) is 6.04 Å². The molecule has 2 fully saturated rings. The molecule has 0 saturated carbocycles. The highest BCUT2D eigenvalue weighted by molar-refractivity contribution is 8.14. The summed E-state index contributed by atoms with van der Waals surface area (Å²) in [5, 5.41) is 12.5. The maximum Gasteiger partial charge on any atom is 0.279 e. The number of aliphatic hydroxyl groups is 1. The average Bonchev–Trinajstić information content (AvgIpc) is 2.60. The molecule has 2 saturated heterocycles. The van der Waals surface area contributed by atoms with Crippen molar-refractivity contribution in [2.24, 2.45) is 0 Å². The molecule has 0 aromatic rings. The van der Waals surface area contributed by atoms with Gasteiger partial charge in [0.2, 0.25) is 5.91 Å². The number of thioether (sulfide) groups is 1. The van der Waals surface area contributed by atoms with Gasteiger partial charge < -0.3 is 15.3 Å². The molecule has 2 aliphatic rings. The van der Waals surface area contributed by atoms with Crippen molar-refractivity contribution in [2.75, 3.05) is 18.8 Å². The minimum atomic E-state index is -0.664. The molecule has 0 spiro atoms. The summed E-state index contributed by atoms with van der Waals surface area (Å²) < 4.78 is 0. The smallest absolute Gasteiger partial charge is 0.279 e. The fourth-order valence-corrected chi connectivity index (χ4v) is 2.99. The molecule has 0 aromatic carbocycles. The van der Waals surface area contributed by atoms with Crippen LogP contribution in [0.5, 0.6) is 0 Å². The molecule has 17 heavy (non-hydrogen) atoms. The first-order valence-corrected chi connectivity index (χ1v) is 6.91. The van der Waals surface area contributed by atoms with Gasteiger partial charge in [0, 0.05) is 18.8 Å². The fraction of sp³-hybridized carbons (Fsp3) is 0.818. The van der Waals surface area contributed by atoms with Gasteiger partial charge in [-0.05, 0) is 26.2 Å². The Balaban J connectivity index is 1.93. The number of hydrogen-bond donors (Lipinski definition) is 2. The standard InChI is InChI=1S/C11H18N2O3S/c1-11(16)3-2-5-13(6-4-11)9(14)8-7-17-10(15)12-8/h8,16H,2-7H2,1H3,(H,12,15). The summed E-state index contributed by atoms with van der Waals surface area (Å²) in [6, 6.07) is -0.379. The second kappa shape index (κ2) is 4.86. The second-order valence-corrected chi connectivity index (χ2v) is 5.96. The Bertz CT molecular complexity index is 333. The largest absolute Gasteiger partial charge is 0.390 e. The van der Waals surface area contributed by atoms with Crippen molar-refractivity contribution in [1.82, 2.24) is 10.2 Å². The summed E-state index contributed by atoms with van der Waals surface area (Å²) in [6.07, 6.45) is 2.14. The van der Waals surface area contributed by atoms with Crippen LogP contribution in [0, 0.1) is 0 Å². The van der Waals surface area contributed by atoms with Gasteiger partial charge in [-0.3, -0.25) is 9.59 Å². The zero-order valence-electron chi connectivity index (χ0n) is 9.94. The number of carbonyl (C=O) groups excluding carboxylic acids is 2. The highest BCUT2D eigenvalue weighted by Gasteiger charge is 2.33. The number of nitrogens with one attached hydrogen (secondary N) is 1. The third kappa shape index (κ3) is 3.13. The monoisotopic (exact) mass is 258 g/mol. The Hall–Kier alpha value is -0.750. The van der Waals surface area contributed by atoms with Crippen LogP contribution in [0.15, 0.2) is 0 Å². The van der Waals surface area contributed by atoms with Crippen molar-refractivity contribution in [3.05, 3.63) is 0 Å². The molecule has 6 heteroatoms. The van der Waals surface area contributed by atoms with E-state index in [0.717, 1.165) is 24.6 Å². The normalized spacial score (nSPS) is 34.4. The van der Waals surface area contributed by atoms with Crippen LogP contribution in [-0.2, 0) is 4.79 Å². The lowest BCUT2D eigenvalue weighted by atomic mass is 9.98. The van der Waals surface area contributed by atoms with Crippen molar-refractivity contribution in [3.63, 3.8) is 0 Å². The SMILES string of the molecule is CC1(O)CCCN(C(=O)C2CSC(=O)N2)CC1. The topological polar surface area (TPSA) is 69.6 Å². The average molecular weight is 258 g/mol. The molecule has 0 bridgehead atoms. The van der Waals surface area contributed by atoms with Gasteiger partial charge >= 0.3 is 0 Å². The minimum Gasteiger partial charge on any atom is -0.390 e. The third-order valence-electron chi connectivity index (χ3n) is 3.35. The van der Waals surface area contributed by atoms with E-state index in [0.29, 0.717) is 25.3 Å². The van der Waals surface area contributed by atoms with Crippen molar-refractivity contribution >= 4 is 22.9 Å². The van der Waals surface area contributed by atoms with Gasteiger partial charge in [0.25, 0.3) is 5.24 Å². The van der Waals surface area contributed by atoms with Crippen LogP contribution in [-0.4, -0.2) is 51.6 Å². The van der Waals surface area contributed by atoms with E-state index in [2.05, 4.69) is 5.32 Å². The van der Waals surface area contributed by atoms with Crippen molar-refractivity contribution in [1.29, 1.82) is 0 Å². The fourth-order valence-electron chi connectivity index (χ4n) is 2.22. The zero-order valence-corrected chi connectivity index (χ0v) is 10.8. The predicted octanol–water partition coefficient (Wildman–Crippen LogP) is 0.575. The highest BCUT2D eigenvalue weighted by atomic mass is 32.2. The first kappa shape index (κ1) is 12.7. The molecular formula is C11H18N2O3S. The van der Waals surface area contributed by atoms with Crippen molar-refractivity contribution < 1.29 is 14.7 Å². The van der Waals surface area contributed by atoms with Crippen LogP contribution < -0.4 is 5.32 Å². The summed E-state index contributed by atoms with van der Waals surface area (Å²) in [7, 11) is 0. The van der Waals surface area contributed by atoms with Crippen LogP contribution in [0.1, 0.15) is 26.2 Å². The van der Waals surface area contributed by atoms with E-state index in [-0.39, 0.29) is 17.2 Å². The first-order valence-electron chi connectivity index (χ1n) is 5.92. The molecule has 2 amide bonds. The number of rotatable bonds is 1. The number of amides is 2. The molecule has 5 nitrogen and oxygen atoms in total. The van der Waals surface area contributed by atoms with Crippen LogP contribution in [0.4, 0.5) is 4.79 Å². The van der Waals surface area contributed by atoms with E-state index in [4.69, 9.17) is 0 Å². The number of likely N-dealkylation sites (tertiary alicyclic amines) is 1. The third-order valence-corrected chi connectivity index (χ3v) is 4.23. The zero-order chi connectivity index (χ0) is 12.5. The van der Waals surface area contributed by atoms with E-state index in [9.17, 15) is 14.7 Å². The molecule has 2 unspecified atom stereocenters. The molecule has 2 heterocycles. The Kier molecular flexibility index (Phi) is 3.63. The second-order valence-electron chi connectivity index (χ2n) is 4.97. The molecule has 2 aliphatic heterocycles. The molecule has 2 N–H and O–H groups in total. The predicted molar refractivity (Wildman–Crippen MR) is 65.8 cm³/mol. The van der Waals surface area contributed by atoms with Gasteiger partial charge in [-0.2, -0.15) is 0 Å². The quantitative estimate of drug-likeness (QED) is 0.721. The minimum absolute atomic E-state index is 0.0129. The van der Waals surface area contributed by atoms with E-state index < -0.39 is 5.60 Å². The Morgan fingerprint density at radius 1 is 1.53 bits per heavy atom. The maximum absolute atomic E-state index is 12.1. The van der Waals surface area contributed by atoms with Crippen molar-refractivity contribution in [2.45, 2.75) is 37.8 Å². The first-order chi connectivity index (χ1) is 7.98. The van der Waals surface area contributed by atoms with E-state index in [1.165, 1.54) is 0 Å². The van der Waals surface area contributed by atoms with Gasteiger partial charge in [-0.25, -0.2) is 0 Å². The summed E-state index contributed by atoms with van der Waals surface area (Å²) in [5.74, 6) is 0.505. The lowest BCUT2D eigenvalue weighted by Gasteiger charge is -2.24. The van der Waals surface area contributed by atoms with Crippen LogP contribution in [0.3, 0.4) is 0 Å². The Morgan fingerprint density at radius 3 is 2.94 bits per heavy atom. The van der Waals surface area contributed by atoms with E-state index in [1.54, 1.807) is 4.90 Å². The van der Waals surface area contributed by atoms with E-state index >= 15 is 0 Å². The molecule has 0 aliphatic carbocycles. The number of nitrogens with zero attached hydrogens (tertiary/aromatic N) is 1. The highest BCUT2D eigenvalue weighted by Crippen LogP contribution is 2.23. The summed E-state index contributed by atoms with van der Waals surface area (Å²) in [6.45, 7) is 3.06. The molecule has 2 atom stereocenters. The van der Waals surface area contributed by atoms with Crippen molar-refractivity contribution in [3.8, 4) is 0 Å². The summed E-state index contributed by atoms with van der Waals surface area (Å²) in [4.78, 5) is 24.9. The number of hydrogen-bond acceptors (Lipinski definition) is 4. The van der Waals surface area contributed by atoms with Crippen LogP contribution in [0.25, 0.3) is 0 Å². The molecule has 0 aromatic heterocycles. The Morgan fingerprint density at radius 2 is 2.29 bits per heavy atom. The van der Waals surface area contributed by atoms with Gasteiger partial charge in [-0.15, -0.1) is 0 Å². The Labute approximate surface area is 105 Å². The van der Waals surface area contributed by atoms with Gasteiger partial charge in [0.15, 0.2) is 0 Å². The summed E-state index contributed by atoms with van der Waals surface area (Å²) >= 11 is 1.16. The molecule has 96 valence electrons. The van der Waals surface area contributed by atoms with Gasteiger partial charge in [-0.1, -0.05) is 11.8 Å². The van der Waals surface area contributed by atoms with Gasteiger partial charge in [0.05, 0.1) is 5.60 Å². The van der Waals surface area contributed by atoms with E-state index in [1.807, 2.05) is 6.92 Å².